The molecule has 0 bridgehead atoms. The van der Waals surface area contributed by atoms with Crippen LogP contribution in [0.25, 0.3) is 22.6 Å². The number of hydrogen-bond acceptors (Lipinski definition) is 4. The van der Waals surface area contributed by atoms with Gasteiger partial charge < -0.3 is 9.40 Å². The highest BCUT2D eigenvalue weighted by Crippen LogP contribution is 2.19. The van der Waals surface area contributed by atoms with Crippen molar-refractivity contribution in [3.8, 4) is 6.07 Å². The Balaban J connectivity index is 2.18. The minimum absolute atomic E-state index is 0.177. The Kier molecular flexibility index (Phi) is 3.53. The van der Waals surface area contributed by atoms with E-state index in [1.165, 1.54) is 6.08 Å². The maximum absolute atomic E-state index is 12.1. The topological polar surface area (TPSA) is 82.7 Å². The standard InChI is InChI=1S/C16H10ClN3O2/c1-9-2-4-12(22-9)6-10(8-18)15-19-14-7-11(17)3-5-13(14)16(21)20-15/h2-7H,1H3,(H,19,20,21)/b10-6+. The highest BCUT2D eigenvalue weighted by Gasteiger charge is 2.09. The summed E-state index contributed by atoms with van der Waals surface area (Å²) in [7, 11) is 0. The zero-order valence-corrected chi connectivity index (χ0v) is 12.3. The van der Waals surface area contributed by atoms with Crippen molar-refractivity contribution in [2.75, 3.05) is 0 Å². The molecule has 0 unspecified atom stereocenters. The molecule has 0 spiro atoms. The number of nitrogens with zero attached hydrogens (tertiary/aromatic N) is 2. The number of aryl methyl sites for hydroxylation is 1. The van der Waals surface area contributed by atoms with Gasteiger partial charge in [-0.25, -0.2) is 4.98 Å². The summed E-state index contributed by atoms with van der Waals surface area (Å²) < 4.78 is 5.41. The molecule has 0 aliphatic rings. The lowest BCUT2D eigenvalue weighted by molar-refractivity contribution is 0.525. The first-order valence-electron chi connectivity index (χ1n) is 6.45. The molecule has 0 aliphatic carbocycles. The Morgan fingerprint density at radius 3 is 2.91 bits per heavy atom. The van der Waals surface area contributed by atoms with Gasteiger partial charge in [0.05, 0.1) is 16.5 Å². The van der Waals surface area contributed by atoms with E-state index in [0.29, 0.717) is 21.7 Å². The fraction of sp³-hybridized carbons (Fsp3) is 0.0625. The number of aromatic nitrogens is 2. The van der Waals surface area contributed by atoms with E-state index in [1.807, 2.05) is 13.0 Å². The maximum Gasteiger partial charge on any atom is 0.259 e. The number of fused-ring (bicyclic) bond motifs is 1. The van der Waals surface area contributed by atoms with Crippen molar-refractivity contribution >= 4 is 34.2 Å². The molecule has 1 N–H and O–H groups in total. The zero-order chi connectivity index (χ0) is 15.7. The summed E-state index contributed by atoms with van der Waals surface area (Å²) >= 11 is 5.92. The van der Waals surface area contributed by atoms with Crippen molar-refractivity contribution in [1.82, 2.24) is 9.97 Å². The monoisotopic (exact) mass is 311 g/mol. The number of H-pyrrole nitrogens is 1. The van der Waals surface area contributed by atoms with Gasteiger partial charge in [-0.2, -0.15) is 5.26 Å². The zero-order valence-electron chi connectivity index (χ0n) is 11.6. The number of rotatable bonds is 2. The first-order valence-corrected chi connectivity index (χ1v) is 6.83. The Morgan fingerprint density at radius 1 is 1.41 bits per heavy atom. The molecule has 5 nitrogen and oxygen atoms in total. The van der Waals surface area contributed by atoms with Gasteiger partial charge in [0.25, 0.3) is 5.56 Å². The second kappa shape index (κ2) is 5.51. The second-order valence-corrected chi connectivity index (χ2v) is 5.13. The highest BCUT2D eigenvalue weighted by molar-refractivity contribution is 6.31. The molecular weight excluding hydrogens is 302 g/mol. The molecule has 3 rings (SSSR count). The predicted octanol–water partition coefficient (Wildman–Crippen LogP) is 3.54. The van der Waals surface area contributed by atoms with Gasteiger partial charge in [-0.3, -0.25) is 4.79 Å². The van der Waals surface area contributed by atoms with Crippen LogP contribution in [0.2, 0.25) is 5.02 Å². The lowest BCUT2D eigenvalue weighted by Gasteiger charge is -2.02. The lowest BCUT2D eigenvalue weighted by Crippen LogP contribution is -2.11. The van der Waals surface area contributed by atoms with Gasteiger partial charge in [0.15, 0.2) is 5.82 Å². The second-order valence-electron chi connectivity index (χ2n) is 4.69. The van der Waals surface area contributed by atoms with Crippen molar-refractivity contribution < 1.29 is 4.42 Å². The molecule has 22 heavy (non-hydrogen) atoms. The summed E-state index contributed by atoms with van der Waals surface area (Å²) in [6.07, 6.45) is 1.53. The number of nitrogens with one attached hydrogen (secondary N) is 1. The molecule has 0 saturated heterocycles. The molecule has 0 radical (unpaired) electrons. The molecule has 6 heteroatoms. The van der Waals surface area contributed by atoms with E-state index in [9.17, 15) is 10.1 Å². The number of nitriles is 1. The lowest BCUT2D eigenvalue weighted by atomic mass is 10.2. The first-order chi connectivity index (χ1) is 10.6. The Labute approximate surface area is 130 Å². The van der Waals surface area contributed by atoms with E-state index in [-0.39, 0.29) is 17.0 Å². The minimum Gasteiger partial charge on any atom is -0.462 e. The molecule has 0 saturated carbocycles. The molecule has 1 aromatic carbocycles. The third-order valence-electron chi connectivity index (χ3n) is 3.09. The summed E-state index contributed by atoms with van der Waals surface area (Å²) in [5, 5.41) is 10.2. The largest absolute Gasteiger partial charge is 0.462 e. The van der Waals surface area contributed by atoms with Gasteiger partial charge >= 0.3 is 0 Å². The van der Waals surface area contributed by atoms with Gasteiger partial charge in [0.2, 0.25) is 0 Å². The molecule has 108 valence electrons. The van der Waals surface area contributed by atoms with Crippen molar-refractivity contribution in [2.45, 2.75) is 6.92 Å². The normalized spacial score (nSPS) is 11.6. The first kappa shape index (κ1) is 14.1. The number of benzene rings is 1. The molecule has 2 aromatic heterocycles. The number of aromatic amines is 1. The van der Waals surface area contributed by atoms with Crippen LogP contribution < -0.4 is 5.56 Å². The third kappa shape index (κ3) is 2.65. The van der Waals surface area contributed by atoms with E-state index in [0.717, 1.165) is 5.76 Å². The van der Waals surface area contributed by atoms with Crippen LogP contribution in [0.15, 0.2) is 39.5 Å². The van der Waals surface area contributed by atoms with E-state index in [4.69, 9.17) is 16.0 Å². The van der Waals surface area contributed by atoms with E-state index < -0.39 is 0 Å². The van der Waals surface area contributed by atoms with Gasteiger partial charge in [-0.15, -0.1) is 0 Å². The number of allylic oxidation sites excluding steroid dienone is 1. The van der Waals surface area contributed by atoms with Crippen LogP contribution in [0.1, 0.15) is 17.3 Å². The summed E-state index contributed by atoms with van der Waals surface area (Å²) in [5.41, 5.74) is 0.310. The Morgan fingerprint density at radius 2 is 2.23 bits per heavy atom. The van der Waals surface area contributed by atoms with Crippen LogP contribution in [-0.4, -0.2) is 9.97 Å². The number of furan rings is 1. The van der Waals surface area contributed by atoms with Crippen LogP contribution in [0.5, 0.6) is 0 Å². The van der Waals surface area contributed by atoms with Gasteiger partial charge in [0, 0.05) is 11.1 Å². The average Bonchev–Trinajstić information content (AvgIpc) is 2.89. The average molecular weight is 312 g/mol. The molecule has 0 atom stereocenters. The summed E-state index contributed by atoms with van der Waals surface area (Å²) in [6, 6.07) is 10.3. The SMILES string of the molecule is Cc1ccc(/C=C(\C#N)c2nc3cc(Cl)ccc3c(=O)[nH]2)o1. The van der Waals surface area contributed by atoms with Crippen LogP contribution >= 0.6 is 11.6 Å². The maximum atomic E-state index is 12.1. The predicted molar refractivity (Wildman–Crippen MR) is 84.3 cm³/mol. The molecule has 3 aromatic rings. The van der Waals surface area contributed by atoms with Gasteiger partial charge in [-0.05, 0) is 37.3 Å². The fourth-order valence-electron chi connectivity index (χ4n) is 2.07. The fourth-order valence-corrected chi connectivity index (χ4v) is 2.23. The van der Waals surface area contributed by atoms with Gasteiger partial charge in [0.1, 0.15) is 17.6 Å². The summed E-state index contributed by atoms with van der Waals surface area (Å²) in [5.74, 6) is 1.43. The van der Waals surface area contributed by atoms with E-state index in [1.54, 1.807) is 30.3 Å². The highest BCUT2D eigenvalue weighted by atomic mass is 35.5. The molecule has 2 heterocycles. The minimum atomic E-state index is -0.326. The van der Waals surface area contributed by atoms with E-state index in [2.05, 4.69) is 9.97 Å². The summed E-state index contributed by atoms with van der Waals surface area (Å²) in [6.45, 7) is 1.81. The third-order valence-corrected chi connectivity index (χ3v) is 3.33. The molecular formula is C16H10ClN3O2. The molecule has 0 amide bonds. The van der Waals surface area contributed by atoms with Crippen LogP contribution in [0.3, 0.4) is 0 Å². The van der Waals surface area contributed by atoms with Crippen LogP contribution in [0.4, 0.5) is 0 Å². The van der Waals surface area contributed by atoms with Crippen molar-refractivity contribution in [2.24, 2.45) is 0 Å². The smallest absolute Gasteiger partial charge is 0.259 e. The summed E-state index contributed by atoms with van der Waals surface area (Å²) in [4.78, 5) is 19.0. The Hall–Kier alpha value is -2.84. The van der Waals surface area contributed by atoms with Gasteiger partial charge in [-0.1, -0.05) is 11.6 Å². The van der Waals surface area contributed by atoms with Crippen molar-refractivity contribution in [3.63, 3.8) is 0 Å². The quantitative estimate of drug-likeness (QED) is 0.734. The van der Waals surface area contributed by atoms with Crippen LogP contribution in [0, 0.1) is 18.3 Å². The number of hydrogen-bond donors (Lipinski definition) is 1. The van der Waals surface area contributed by atoms with Crippen molar-refractivity contribution in [3.05, 3.63) is 63.1 Å². The van der Waals surface area contributed by atoms with Crippen molar-refractivity contribution in [1.29, 1.82) is 5.26 Å². The number of halogens is 1. The van der Waals surface area contributed by atoms with E-state index >= 15 is 0 Å². The molecule has 0 aliphatic heterocycles. The van der Waals surface area contributed by atoms with Crippen LogP contribution in [-0.2, 0) is 0 Å². The Bertz CT molecular complexity index is 993. The molecule has 0 fully saturated rings.